The minimum absolute atomic E-state index is 0.000382. The molecule has 17 nitrogen and oxygen atoms in total. The van der Waals surface area contributed by atoms with E-state index in [2.05, 4.69) is 32.8 Å². The number of anilines is 2. The number of benzene rings is 1. The van der Waals surface area contributed by atoms with Gasteiger partial charge in [-0.2, -0.15) is 5.10 Å². The molecule has 1 aromatic carbocycles. The molecule has 304 valence electrons. The number of likely N-dealkylation sites (tertiary alicyclic amines) is 2. The van der Waals surface area contributed by atoms with Crippen molar-refractivity contribution in [1.82, 2.24) is 35.2 Å². The van der Waals surface area contributed by atoms with Gasteiger partial charge in [0.05, 0.1) is 41.0 Å². The first kappa shape index (κ1) is 39.7. The van der Waals surface area contributed by atoms with E-state index in [9.17, 15) is 24.6 Å². The zero-order valence-electron chi connectivity index (χ0n) is 32.6. The molecule has 3 aliphatic heterocycles. The first-order valence-electron chi connectivity index (χ1n) is 19.6. The third-order valence-electron chi connectivity index (χ3n) is 11.3. The molecule has 0 radical (unpaired) electrons. The Labute approximate surface area is 331 Å². The number of fused-ring (bicyclic) bond motifs is 3. The van der Waals surface area contributed by atoms with Crippen molar-refractivity contribution in [3.63, 3.8) is 0 Å². The molecule has 17 heteroatoms. The topological polar surface area (TPSA) is 240 Å². The molecule has 10 N–H and O–H groups in total. The number of amides is 3. The predicted molar refractivity (Wildman–Crippen MR) is 212 cm³/mol. The molecule has 5 heterocycles. The Morgan fingerprint density at radius 3 is 2.35 bits per heavy atom. The number of aliphatic hydroxyl groups excluding tert-OH is 1. The van der Waals surface area contributed by atoms with Gasteiger partial charge in [-0.05, 0) is 63.1 Å². The zero-order valence-corrected chi connectivity index (χ0v) is 32.6. The summed E-state index contributed by atoms with van der Waals surface area (Å²) in [6, 6.07) is 10.4. The van der Waals surface area contributed by atoms with Crippen LogP contribution in [0.4, 0.5) is 11.4 Å². The molecule has 1 unspecified atom stereocenters. The summed E-state index contributed by atoms with van der Waals surface area (Å²) in [5, 5.41) is 43.5. The molecule has 2 aliphatic carbocycles. The Bertz CT molecular complexity index is 2080. The van der Waals surface area contributed by atoms with E-state index in [0.717, 1.165) is 74.6 Å². The van der Waals surface area contributed by atoms with Gasteiger partial charge in [0, 0.05) is 69.5 Å². The van der Waals surface area contributed by atoms with E-state index in [1.165, 1.54) is 17.0 Å². The van der Waals surface area contributed by atoms with Gasteiger partial charge in [0.15, 0.2) is 0 Å². The van der Waals surface area contributed by atoms with E-state index < -0.39 is 11.8 Å². The standard InChI is InChI=1S/C39H49N11O5.CH4O/c1-3-30-35-26(19-42-50(35)24-20-49(21-24)39(54,55)31-11-7-10-28(45-31)38(53)48-16-4-5-17-48)25-8-6-9-27(34(25)47(30)2)44-29(33(41)37(52)43-23-14-15-23)18-32(40)46-36(51)22-12-13-22;1-2/h6-11,18-19,22-24,30,44,54-55H,3-5,12-17,20-21,40-41H2,1-2H3,(H,43,52)(H,46,51);2H,1H3/b32-18+,33-29+;. The lowest BCUT2D eigenvalue weighted by Crippen LogP contribution is -2.59. The van der Waals surface area contributed by atoms with Crippen molar-refractivity contribution in [1.29, 1.82) is 0 Å². The largest absolute Gasteiger partial charge is 0.400 e. The molecule has 0 bridgehead atoms. The summed E-state index contributed by atoms with van der Waals surface area (Å²) in [5.41, 5.74) is 17.6. The highest BCUT2D eigenvalue weighted by Crippen LogP contribution is 2.50. The third kappa shape index (κ3) is 7.92. The van der Waals surface area contributed by atoms with Crippen LogP contribution in [0.25, 0.3) is 11.1 Å². The number of allylic oxidation sites excluding steroid dienone is 1. The highest BCUT2D eigenvalue weighted by Gasteiger charge is 2.47. The number of aliphatic hydroxyl groups is 3. The average Bonchev–Trinajstić information content (AvgIpc) is 4.11. The fourth-order valence-corrected chi connectivity index (χ4v) is 7.82. The van der Waals surface area contributed by atoms with Crippen molar-refractivity contribution >= 4 is 29.1 Å². The Hall–Kier alpha value is -5.49. The number of pyridine rings is 1. The summed E-state index contributed by atoms with van der Waals surface area (Å²) >= 11 is 0. The quantitative estimate of drug-likeness (QED) is 0.0740. The molecule has 3 amide bonds. The van der Waals surface area contributed by atoms with Crippen LogP contribution in [-0.4, -0.2) is 104 Å². The lowest BCUT2D eigenvalue weighted by molar-refractivity contribution is -0.302. The predicted octanol–water partition coefficient (Wildman–Crippen LogP) is 1.53. The Morgan fingerprint density at radius 1 is 0.982 bits per heavy atom. The molecule has 3 aromatic rings. The summed E-state index contributed by atoms with van der Waals surface area (Å²) < 4.78 is 1.98. The molecule has 2 saturated heterocycles. The third-order valence-corrected chi connectivity index (χ3v) is 11.3. The maximum absolute atomic E-state index is 13.2. The number of rotatable bonds is 12. The van der Waals surface area contributed by atoms with Crippen LogP contribution in [0.3, 0.4) is 0 Å². The van der Waals surface area contributed by atoms with Gasteiger partial charge in [-0.1, -0.05) is 25.1 Å². The van der Waals surface area contributed by atoms with Crippen LogP contribution in [0.5, 0.6) is 0 Å². The fraction of sp³-hybridized carbons (Fsp3) is 0.475. The lowest BCUT2D eigenvalue weighted by Gasteiger charge is -2.47. The molecule has 2 aromatic heterocycles. The van der Waals surface area contributed by atoms with E-state index in [1.54, 1.807) is 17.0 Å². The van der Waals surface area contributed by atoms with Gasteiger partial charge in [-0.3, -0.25) is 19.1 Å². The van der Waals surface area contributed by atoms with Crippen LogP contribution in [-0.2, 0) is 15.5 Å². The number of hydrogen-bond donors (Lipinski definition) is 8. The number of aromatic nitrogens is 3. The van der Waals surface area contributed by atoms with Crippen molar-refractivity contribution < 1.29 is 29.7 Å². The molecule has 5 aliphatic rings. The second-order valence-electron chi connectivity index (χ2n) is 15.3. The second kappa shape index (κ2) is 16.2. The summed E-state index contributed by atoms with van der Waals surface area (Å²) in [6.45, 7) is 4.03. The highest BCUT2D eigenvalue weighted by molar-refractivity contribution is 5.97. The zero-order chi connectivity index (χ0) is 40.6. The molecule has 8 rings (SSSR count). The maximum atomic E-state index is 13.2. The number of hydrogen-bond acceptors (Lipinski definition) is 13. The summed E-state index contributed by atoms with van der Waals surface area (Å²) in [6.07, 6.45) is 9.41. The van der Waals surface area contributed by atoms with Crippen LogP contribution in [0.15, 0.2) is 65.9 Å². The van der Waals surface area contributed by atoms with E-state index in [4.69, 9.17) is 21.7 Å². The molecular formula is C40H53N11O6. The number of nitrogens with one attached hydrogen (secondary N) is 3. The summed E-state index contributed by atoms with van der Waals surface area (Å²) in [4.78, 5) is 48.4. The van der Waals surface area contributed by atoms with Gasteiger partial charge in [0.1, 0.15) is 22.9 Å². The van der Waals surface area contributed by atoms with E-state index in [0.29, 0.717) is 31.9 Å². The smallest absolute Gasteiger partial charge is 0.272 e. The van der Waals surface area contributed by atoms with E-state index in [1.807, 2.05) is 36.1 Å². The molecular weight excluding hydrogens is 731 g/mol. The van der Waals surface area contributed by atoms with E-state index in [-0.39, 0.29) is 64.5 Å². The van der Waals surface area contributed by atoms with Crippen molar-refractivity contribution in [2.45, 2.75) is 75.9 Å². The van der Waals surface area contributed by atoms with Crippen LogP contribution < -0.4 is 32.3 Å². The second-order valence-corrected chi connectivity index (χ2v) is 15.3. The van der Waals surface area contributed by atoms with Crippen molar-refractivity contribution in [3.05, 3.63) is 83.0 Å². The maximum Gasteiger partial charge on any atom is 0.272 e. The Morgan fingerprint density at radius 2 is 1.68 bits per heavy atom. The van der Waals surface area contributed by atoms with Crippen LogP contribution in [0.1, 0.15) is 85.8 Å². The Balaban J connectivity index is 0.00000244. The van der Waals surface area contributed by atoms with Gasteiger partial charge in [0.25, 0.3) is 17.7 Å². The number of para-hydroxylation sites is 1. The van der Waals surface area contributed by atoms with Gasteiger partial charge in [-0.25, -0.2) is 9.88 Å². The van der Waals surface area contributed by atoms with Crippen LogP contribution in [0.2, 0.25) is 0 Å². The molecule has 57 heavy (non-hydrogen) atoms. The van der Waals surface area contributed by atoms with Gasteiger partial charge < -0.3 is 52.5 Å². The van der Waals surface area contributed by atoms with E-state index >= 15 is 0 Å². The van der Waals surface area contributed by atoms with Crippen LogP contribution in [0, 0.1) is 5.92 Å². The molecule has 2 saturated carbocycles. The molecule has 0 spiro atoms. The number of carbonyl (C=O) groups is 3. The highest BCUT2D eigenvalue weighted by atomic mass is 16.5. The van der Waals surface area contributed by atoms with Gasteiger partial charge >= 0.3 is 0 Å². The normalized spacial score (nSPS) is 20.0. The number of nitrogens with two attached hydrogens (primary N) is 2. The first-order valence-corrected chi connectivity index (χ1v) is 19.6. The summed E-state index contributed by atoms with van der Waals surface area (Å²) in [5.74, 6) is -3.13. The SMILES string of the molecule is CCC1c2c(cnn2C2CN(C(O)(O)c3cccc(C(=O)N4CCCC4)n3)C2)-c2cccc(NC(/C=C(\N)NC(=O)C3CC3)=C(/N)C(=O)NC3CC3)c2N1C.CO. The van der Waals surface area contributed by atoms with Crippen molar-refractivity contribution in [3.8, 4) is 11.1 Å². The minimum atomic E-state index is -2.37. The summed E-state index contributed by atoms with van der Waals surface area (Å²) in [7, 11) is 3.01. The molecule has 1 atom stereocenters. The fourth-order valence-electron chi connectivity index (χ4n) is 7.82. The molecule has 4 fully saturated rings. The average molecular weight is 784 g/mol. The van der Waals surface area contributed by atoms with Gasteiger partial charge in [-0.15, -0.1) is 0 Å². The monoisotopic (exact) mass is 783 g/mol. The van der Waals surface area contributed by atoms with Crippen molar-refractivity contribution in [2.75, 3.05) is 50.6 Å². The minimum Gasteiger partial charge on any atom is -0.400 e. The van der Waals surface area contributed by atoms with Crippen molar-refractivity contribution in [2.24, 2.45) is 17.4 Å². The number of nitrogens with zero attached hydrogens (tertiary/aromatic N) is 6. The lowest BCUT2D eigenvalue weighted by atomic mass is 9.91. The van der Waals surface area contributed by atoms with Gasteiger partial charge in [0.2, 0.25) is 5.91 Å². The number of carbonyl (C=O) groups excluding carboxylic acids is 3. The first-order chi connectivity index (χ1) is 27.4. The Kier molecular flexibility index (Phi) is 11.3. The van der Waals surface area contributed by atoms with Crippen LogP contribution >= 0.6 is 0 Å².